The molecule has 112 valence electrons. The third kappa shape index (κ3) is 4.85. The zero-order valence-electron chi connectivity index (χ0n) is 12.3. The molecule has 0 fully saturated rings. The fraction of sp³-hybridized carbons (Fsp3) is 0.333. The van der Waals surface area contributed by atoms with Crippen molar-refractivity contribution in [1.29, 1.82) is 0 Å². The molecule has 2 aromatic rings. The standard InChI is InChI=1S/C18H21BrFN/c1-2-3-5-10-18(14-8-6-4-7-9-14)21-15-11-12-17(20)16(19)13-15/h4,6-9,11-13,18,21H,2-3,5,10H2,1H3. The quantitative estimate of drug-likeness (QED) is 0.576. The van der Waals surface area contributed by atoms with Crippen molar-refractivity contribution in [3.05, 3.63) is 64.4 Å². The van der Waals surface area contributed by atoms with Gasteiger partial charge in [0.25, 0.3) is 0 Å². The highest BCUT2D eigenvalue weighted by atomic mass is 79.9. The average molecular weight is 350 g/mol. The molecule has 1 nitrogen and oxygen atoms in total. The Morgan fingerprint density at radius 2 is 1.86 bits per heavy atom. The first-order valence-electron chi connectivity index (χ1n) is 7.47. The lowest BCUT2D eigenvalue weighted by molar-refractivity contribution is 0.604. The summed E-state index contributed by atoms with van der Waals surface area (Å²) < 4.78 is 13.8. The lowest BCUT2D eigenvalue weighted by Gasteiger charge is -2.21. The van der Waals surface area contributed by atoms with Crippen molar-refractivity contribution in [3.63, 3.8) is 0 Å². The van der Waals surface area contributed by atoms with E-state index < -0.39 is 0 Å². The molecule has 0 saturated carbocycles. The molecular weight excluding hydrogens is 329 g/mol. The van der Waals surface area contributed by atoms with Crippen molar-refractivity contribution in [1.82, 2.24) is 0 Å². The Hall–Kier alpha value is -1.35. The van der Waals surface area contributed by atoms with E-state index in [-0.39, 0.29) is 11.9 Å². The highest BCUT2D eigenvalue weighted by Gasteiger charge is 2.11. The maximum absolute atomic E-state index is 13.3. The van der Waals surface area contributed by atoms with Gasteiger partial charge in [-0.05, 0) is 46.1 Å². The summed E-state index contributed by atoms with van der Waals surface area (Å²) in [5.41, 5.74) is 2.21. The van der Waals surface area contributed by atoms with Gasteiger partial charge < -0.3 is 5.32 Å². The minimum Gasteiger partial charge on any atom is -0.378 e. The predicted octanol–water partition coefficient (Wildman–Crippen LogP) is 6.32. The van der Waals surface area contributed by atoms with Crippen LogP contribution in [0, 0.1) is 5.82 Å². The van der Waals surface area contributed by atoms with Crippen LogP contribution in [0.25, 0.3) is 0 Å². The van der Waals surface area contributed by atoms with Crippen LogP contribution in [0.4, 0.5) is 10.1 Å². The number of nitrogens with one attached hydrogen (secondary N) is 1. The number of unbranched alkanes of at least 4 members (excludes halogenated alkanes) is 2. The first-order chi connectivity index (χ1) is 10.2. The van der Waals surface area contributed by atoms with E-state index >= 15 is 0 Å². The van der Waals surface area contributed by atoms with Crippen LogP contribution in [-0.2, 0) is 0 Å². The number of hydrogen-bond donors (Lipinski definition) is 1. The predicted molar refractivity (Wildman–Crippen MR) is 91.0 cm³/mol. The fourth-order valence-corrected chi connectivity index (χ4v) is 2.77. The SMILES string of the molecule is CCCCCC(Nc1ccc(F)c(Br)c1)c1ccccc1. The van der Waals surface area contributed by atoms with Crippen molar-refractivity contribution in [2.45, 2.75) is 38.6 Å². The highest BCUT2D eigenvalue weighted by molar-refractivity contribution is 9.10. The Bertz CT molecular complexity index is 556. The largest absolute Gasteiger partial charge is 0.378 e. The number of rotatable bonds is 7. The number of hydrogen-bond acceptors (Lipinski definition) is 1. The van der Waals surface area contributed by atoms with Crippen molar-refractivity contribution in [2.24, 2.45) is 0 Å². The first kappa shape index (κ1) is 16.0. The summed E-state index contributed by atoms with van der Waals surface area (Å²) in [7, 11) is 0. The van der Waals surface area contributed by atoms with Gasteiger partial charge in [-0.15, -0.1) is 0 Å². The summed E-state index contributed by atoms with van der Waals surface area (Å²) >= 11 is 3.24. The van der Waals surface area contributed by atoms with Crippen LogP contribution in [0.15, 0.2) is 53.0 Å². The molecule has 0 radical (unpaired) electrons. The minimum absolute atomic E-state index is 0.234. The van der Waals surface area contributed by atoms with Crippen LogP contribution in [0.1, 0.15) is 44.2 Å². The summed E-state index contributed by atoms with van der Waals surface area (Å²) in [5.74, 6) is -0.234. The Morgan fingerprint density at radius 3 is 2.52 bits per heavy atom. The van der Waals surface area contributed by atoms with Gasteiger partial charge in [-0.2, -0.15) is 0 Å². The van der Waals surface area contributed by atoms with Crippen LogP contribution < -0.4 is 5.32 Å². The van der Waals surface area contributed by atoms with Crippen molar-refractivity contribution < 1.29 is 4.39 Å². The molecule has 21 heavy (non-hydrogen) atoms. The molecule has 1 N–H and O–H groups in total. The van der Waals surface area contributed by atoms with Crippen molar-refractivity contribution >= 4 is 21.6 Å². The van der Waals surface area contributed by atoms with E-state index in [0.717, 1.165) is 12.1 Å². The van der Waals surface area contributed by atoms with E-state index in [1.54, 1.807) is 12.1 Å². The monoisotopic (exact) mass is 349 g/mol. The minimum atomic E-state index is -0.234. The smallest absolute Gasteiger partial charge is 0.137 e. The molecule has 0 amide bonds. The maximum atomic E-state index is 13.3. The molecule has 3 heteroatoms. The van der Waals surface area contributed by atoms with E-state index in [2.05, 4.69) is 52.4 Å². The van der Waals surface area contributed by atoms with Gasteiger partial charge >= 0.3 is 0 Å². The average Bonchev–Trinajstić information content (AvgIpc) is 2.51. The second-order valence-corrected chi connectivity index (χ2v) is 6.09. The van der Waals surface area contributed by atoms with Crippen molar-refractivity contribution in [2.75, 3.05) is 5.32 Å². The Balaban J connectivity index is 2.13. The number of benzene rings is 2. The molecule has 0 saturated heterocycles. The molecular formula is C18H21BrFN. The lowest BCUT2D eigenvalue weighted by Crippen LogP contribution is -2.11. The summed E-state index contributed by atoms with van der Waals surface area (Å²) in [4.78, 5) is 0. The second kappa shape index (κ2) is 8.18. The molecule has 0 aromatic heterocycles. The molecule has 1 unspecified atom stereocenters. The zero-order chi connectivity index (χ0) is 15.1. The van der Waals surface area contributed by atoms with Gasteiger partial charge in [0.1, 0.15) is 5.82 Å². The van der Waals surface area contributed by atoms with Crippen LogP contribution in [0.3, 0.4) is 0 Å². The summed E-state index contributed by atoms with van der Waals surface area (Å²) in [5, 5.41) is 3.53. The number of halogens is 2. The van der Waals surface area contributed by atoms with Crippen LogP contribution in [0.2, 0.25) is 0 Å². The molecule has 0 bridgehead atoms. The van der Waals surface area contributed by atoms with Crippen molar-refractivity contribution in [3.8, 4) is 0 Å². The molecule has 0 aliphatic carbocycles. The molecule has 1 atom stereocenters. The number of anilines is 1. The third-order valence-corrected chi connectivity index (χ3v) is 4.17. The van der Waals surface area contributed by atoms with E-state index in [4.69, 9.17) is 0 Å². The molecule has 2 aromatic carbocycles. The summed E-state index contributed by atoms with van der Waals surface area (Å²) in [6.45, 7) is 2.21. The van der Waals surface area contributed by atoms with E-state index in [1.165, 1.54) is 30.9 Å². The van der Waals surface area contributed by atoms with Gasteiger partial charge in [-0.25, -0.2) is 4.39 Å². The normalized spacial score (nSPS) is 12.1. The van der Waals surface area contributed by atoms with Gasteiger partial charge in [-0.3, -0.25) is 0 Å². The fourth-order valence-electron chi connectivity index (χ4n) is 2.39. The Morgan fingerprint density at radius 1 is 1.10 bits per heavy atom. The van der Waals surface area contributed by atoms with Crippen LogP contribution in [0.5, 0.6) is 0 Å². The van der Waals surface area contributed by atoms with Gasteiger partial charge in [0.05, 0.1) is 10.5 Å². The molecule has 0 aliphatic rings. The zero-order valence-corrected chi connectivity index (χ0v) is 13.9. The summed E-state index contributed by atoms with van der Waals surface area (Å²) in [6, 6.07) is 15.8. The van der Waals surface area contributed by atoms with Gasteiger partial charge in [-0.1, -0.05) is 56.5 Å². The first-order valence-corrected chi connectivity index (χ1v) is 8.26. The summed E-state index contributed by atoms with van der Waals surface area (Å²) in [6.07, 6.45) is 4.71. The van der Waals surface area contributed by atoms with Gasteiger partial charge in [0, 0.05) is 5.69 Å². The third-order valence-electron chi connectivity index (χ3n) is 3.56. The van der Waals surface area contributed by atoms with Gasteiger partial charge in [0.15, 0.2) is 0 Å². The molecule has 0 spiro atoms. The molecule has 2 rings (SSSR count). The van der Waals surface area contributed by atoms with E-state index in [9.17, 15) is 4.39 Å². The second-order valence-electron chi connectivity index (χ2n) is 5.23. The van der Waals surface area contributed by atoms with E-state index in [1.807, 2.05) is 6.07 Å². The topological polar surface area (TPSA) is 12.0 Å². The van der Waals surface area contributed by atoms with E-state index in [0.29, 0.717) is 4.47 Å². The molecule has 0 aliphatic heterocycles. The Labute approximate surface area is 134 Å². The van der Waals surface area contributed by atoms with Crippen LogP contribution in [-0.4, -0.2) is 0 Å². The Kier molecular flexibility index (Phi) is 6.24. The van der Waals surface area contributed by atoms with Gasteiger partial charge in [0.2, 0.25) is 0 Å². The lowest BCUT2D eigenvalue weighted by atomic mass is 10.00. The molecule has 0 heterocycles. The van der Waals surface area contributed by atoms with Crippen LogP contribution >= 0.6 is 15.9 Å². The highest BCUT2D eigenvalue weighted by Crippen LogP contribution is 2.27. The maximum Gasteiger partial charge on any atom is 0.137 e.